The second-order valence-electron chi connectivity index (χ2n) is 4.10. The van der Waals surface area contributed by atoms with Crippen LogP contribution in [-0.4, -0.2) is 30.0 Å². The number of para-hydroxylation sites is 1. The number of hydrogen-bond acceptors (Lipinski definition) is 5. The molecule has 0 aliphatic rings. The molecule has 0 saturated heterocycles. The van der Waals surface area contributed by atoms with E-state index in [0.29, 0.717) is 25.2 Å². The van der Waals surface area contributed by atoms with Gasteiger partial charge in [-0.1, -0.05) is 19.1 Å². The van der Waals surface area contributed by atoms with E-state index in [1.807, 2.05) is 13.0 Å². The smallest absolute Gasteiger partial charge is 0.292 e. The van der Waals surface area contributed by atoms with E-state index in [4.69, 9.17) is 5.26 Å². The van der Waals surface area contributed by atoms with Crippen molar-refractivity contribution >= 4 is 11.4 Å². The number of nitrogens with zero attached hydrogens (tertiary/aromatic N) is 3. The lowest BCUT2D eigenvalue weighted by Crippen LogP contribution is -2.24. The van der Waals surface area contributed by atoms with Gasteiger partial charge in [0.1, 0.15) is 5.69 Å². The van der Waals surface area contributed by atoms with Crippen LogP contribution in [0.2, 0.25) is 0 Å². The fraction of sp³-hybridized carbons (Fsp3) is 0.462. The first kappa shape index (κ1) is 14.9. The largest absolute Gasteiger partial charge is 0.382 e. The second-order valence-corrected chi connectivity index (χ2v) is 4.10. The zero-order chi connectivity index (χ0) is 14.3. The number of nitro groups is 1. The van der Waals surface area contributed by atoms with E-state index < -0.39 is 0 Å². The Labute approximate surface area is 112 Å². The fourth-order valence-electron chi connectivity index (χ4n) is 1.96. The Morgan fingerprint density at radius 3 is 2.79 bits per heavy atom. The summed E-state index contributed by atoms with van der Waals surface area (Å²) in [6.07, 6.45) is 0.456. The molecular formula is C13H18N4O2. The standard InChI is InChI=1S/C13H18N4O2/c1-3-16(9-5-8-14)10-11-6-4-7-12(17(18)19)13(11)15-2/h4,6-7,15H,3,5,9-10H2,1-2H3. The lowest BCUT2D eigenvalue weighted by atomic mass is 10.1. The molecule has 0 fully saturated rings. The molecule has 1 aromatic rings. The molecule has 1 N–H and O–H groups in total. The summed E-state index contributed by atoms with van der Waals surface area (Å²) >= 11 is 0. The van der Waals surface area contributed by atoms with Gasteiger partial charge in [-0.25, -0.2) is 0 Å². The van der Waals surface area contributed by atoms with Crippen LogP contribution in [0, 0.1) is 21.4 Å². The van der Waals surface area contributed by atoms with E-state index in [0.717, 1.165) is 12.1 Å². The Morgan fingerprint density at radius 1 is 1.53 bits per heavy atom. The molecule has 0 aliphatic heterocycles. The molecular weight excluding hydrogens is 244 g/mol. The molecule has 0 radical (unpaired) electrons. The van der Waals surface area contributed by atoms with Crippen molar-refractivity contribution in [1.82, 2.24) is 4.90 Å². The van der Waals surface area contributed by atoms with Crippen LogP contribution in [0.3, 0.4) is 0 Å². The Morgan fingerprint density at radius 2 is 2.26 bits per heavy atom. The molecule has 0 spiro atoms. The summed E-state index contributed by atoms with van der Waals surface area (Å²) in [6, 6.07) is 7.15. The van der Waals surface area contributed by atoms with Gasteiger partial charge in [-0.05, 0) is 12.1 Å². The van der Waals surface area contributed by atoms with Crippen molar-refractivity contribution in [3.05, 3.63) is 33.9 Å². The third-order valence-electron chi connectivity index (χ3n) is 2.96. The summed E-state index contributed by atoms with van der Waals surface area (Å²) < 4.78 is 0. The van der Waals surface area contributed by atoms with Crippen LogP contribution in [0.15, 0.2) is 18.2 Å². The van der Waals surface area contributed by atoms with Gasteiger partial charge in [0.25, 0.3) is 5.69 Å². The van der Waals surface area contributed by atoms with Crippen LogP contribution >= 0.6 is 0 Å². The highest BCUT2D eigenvalue weighted by atomic mass is 16.6. The second kappa shape index (κ2) is 7.34. The van der Waals surface area contributed by atoms with Gasteiger partial charge in [0.2, 0.25) is 0 Å². The first-order valence-electron chi connectivity index (χ1n) is 6.17. The van der Waals surface area contributed by atoms with Crippen LogP contribution in [-0.2, 0) is 6.54 Å². The molecule has 0 heterocycles. The highest BCUT2D eigenvalue weighted by Gasteiger charge is 2.17. The molecule has 0 bridgehead atoms. The van der Waals surface area contributed by atoms with E-state index in [1.165, 1.54) is 6.07 Å². The van der Waals surface area contributed by atoms with Crippen molar-refractivity contribution in [3.63, 3.8) is 0 Å². The van der Waals surface area contributed by atoms with Crippen molar-refractivity contribution in [1.29, 1.82) is 5.26 Å². The van der Waals surface area contributed by atoms with E-state index in [1.54, 1.807) is 13.1 Å². The number of rotatable bonds is 7. The first-order chi connectivity index (χ1) is 9.13. The quantitative estimate of drug-likeness (QED) is 0.602. The third kappa shape index (κ3) is 3.93. The topological polar surface area (TPSA) is 82.2 Å². The van der Waals surface area contributed by atoms with E-state index in [2.05, 4.69) is 16.3 Å². The Kier molecular flexibility index (Phi) is 5.76. The summed E-state index contributed by atoms with van der Waals surface area (Å²) in [5.74, 6) is 0. The molecule has 0 amide bonds. The van der Waals surface area contributed by atoms with Crippen molar-refractivity contribution in [2.75, 3.05) is 25.5 Å². The maximum absolute atomic E-state index is 11.0. The highest BCUT2D eigenvalue weighted by Crippen LogP contribution is 2.28. The zero-order valence-electron chi connectivity index (χ0n) is 11.2. The molecule has 1 aromatic carbocycles. The number of nitro benzene ring substituents is 1. The van der Waals surface area contributed by atoms with Gasteiger partial charge in [-0.3, -0.25) is 15.0 Å². The number of hydrogen-bond donors (Lipinski definition) is 1. The minimum atomic E-state index is -0.388. The van der Waals surface area contributed by atoms with E-state index in [-0.39, 0.29) is 10.6 Å². The number of anilines is 1. The predicted molar refractivity (Wildman–Crippen MR) is 73.8 cm³/mol. The predicted octanol–water partition coefficient (Wildman–Crippen LogP) is 2.37. The summed E-state index contributed by atoms with van der Waals surface area (Å²) in [7, 11) is 1.68. The van der Waals surface area contributed by atoms with Crippen molar-refractivity contribution in [3.8, 4) is 6.07 Å². The van der Waals surface area contributed by atoms with E-state index >= 15 is 0 Å². The van der Waals surface area contributed by atoms with Gasteiger partial charge in [-0.15, -0.1) is 0 Å². The van der Waals surface area contributed by atoms with Crippen LogP contribution in [0.5, 0.6) is 0 Å². The Bertz CT molecular complexity index is 482. The van der Waals surface area contributed by atoms with Crippen LogP contribution in [0.4, 0.5) is 11.4 Å². The normalized spacial score (nSPS) is 10.2. The number of nitriles is 1. The molecule has 1 rings (SSSR count). The van der Waals surface area contributed by atoms with Gasteiger partial charge < -0.3 is 5.32 Å². The summed E-state index contributed by atoms with van der Waals surface area (Å²) in [5, 5.41) is 22.5. The van der Waals surface area contributed by atoms with Gasteiger partial charge in [0, 0.05) is 32.6 Å². The molecule has 0 aromatic heterocycles. The van der Waals surface area contributed by atoms with Crippen LogP contribution in [0.1, 0.15) is 18.9 Å². The summed E-state index contributed by atoms with van der Waals surface area (Å²) in [6.45, 7) is 4.07. The fourth-order valence-corrected chi connectivity index (χ4v) is 1.96. The molecule has 6 nitrogen and oxygen atoms in total. The van der Waals surface area contributed by atoms with E-state index in [9.17, 15) is 10.1 Å². The molecule has 0 saturated carbocycles. The number of benzene rings is 1. The SMILES string of the molecule is CCN(CCC#N)Cc1cccc([N+](=O)[O-])c1NC. The molecule has 19 heavy (non-hydrogen) atoms. The molecule has 0 aliphatic carbocycles. The molecule has 0 atom stereocenters. The maximum Gasteiger partial charge on any atom is 0.292 e. The Balaban J connectivity index is 2.96. The minimum Gasteiger partial charge on any atom is -0.382 e. The molecule has 0 unspecified atom stereocenters. The van der Waals surface area contributed by atoms with Crippen LogP contribution < -0.4 is 5.32 Å². The average molecular weight is 262 g/mol. The van der Waals surface area contributed by atoms with Gasteiger partial charge in [0.15, 0.2) is 0 Å². The highest BCUT2D eigenvalue weighted by molar-refractivity contribution is 5.66. The third-order valence-corrected chi connectivity index (χ3v) is 2.96. The van der Waals surface area contributed by atoms with Crippen molar-refractivity contribution < 1.29 is 4.92 Å². The zero-order valence-corrected chi connectivity index (χ0v) is 11.2. The average Bonchev–Trinajstić information content (AvgIpc) is 2.42. The molecule has 6 heteroatoms. The Hall–Kier alpha value is -2.13. The summed E-state index contributed by atoms with van der Waals surface area (Å²) in [5.41, 5.74) is 1.50. The monoisotopic (exact) mass is 262 g/mol. The van der Waals surface area contributed by atoms with Gasteiger partial charge in [0.05, 0.1) is 11.0 Å². The van der Waals surface area contributed by atoms with Crippen molar-refractivity contribution in [2.24, 2.45) is 0 Å². The number of nitrogens with one attached hydrogen (secondary N) is 1. The summed E-state index contributed by atoms with van der Waals surface area (Å²) in [4.78, 5) is 12.7. The lowest BCUT2D eigenvalue weighted by Gasteiger charge is -2.20. The van der Waals surface area contributed by atoms with Gasteiger partial charge >= 0.3 is 0 Å². The minimum absolute atomic E-state index is 0.0799. The van der Waals surface area contributed by atoms with Crippen LogP contribution in [0.25, 0.3) is 0 Å². The first-order valence-corrected chi connectivity index (χ1v) is 6.17. The lowest BCUT2D eigenvalue weighted by molar-refractivity contribution is -0.384. The molecule has 102 valence electrons. The van der Waals surface area contributed by atoms with Gasteiger partial charge in [-0.2, -0.15) is 5.26 Å². The van der Waals surface area contributed by atoms with Crippen molar-refractivity contribution in [2.45, 2.75) is 19.9 Å². The maximum atomic E-state index is 11.0.